The van der Waals surface area contributed by atoms with Crippen LogP contribution in [-0.4, -0.2) is 14.1 Å². The van der Waals surface area contributed by atoms with Crippen LogP contribution < -0.4 is 9.30 Å². The first kappa shape index (κ1) is 79.3. The van der Waals surface area contributed by atoms with Crippen molar-refractivity contribution in [3.8, 4) is 95.5 Å². The topological polar surface area (TPSA) is 35.9 Å². The molecule has 0 bridgehead atoms. The van der Waals surface area contributed by atoms with Crippen LogP contribution in [0, 0.1) is 6.33 Å². The van der Waals surface area contributed by atoms with Crippen LogP contribution in [0.1, 0.15) is 237 Å². The second kappa shape index (κ2) is 28.3. The molecular formula is C108H120N4O. The molecule has 0 radical (unpaired) electrons. The third-order valence-electron chi connectivity index (χ3n) is 23.1. The Kier molecular flexibility index (Phi) is 19.9. The van der Waals surface area contributed by atoms with Crippen LogP contribution in [0.15, 0.2) is 237 Å². The molecule has 0 aliphatic rings. The number of para-hydroxylation sites is 4. The maximum atomic E-state index is 7.10. The number of hydrogen-bond donors (Lipinski definition) is 0. The lowest BCUT2D eigenvalue weighted by molar-refractivity contribution is -0.571. The Bertz CT molecular complexity index is 5480. The van der Waals surface area contributed by atoms with Crippen LogP contribution in [0.2, 0.25) is 0 Å². The summed E-state index contributed by atoms with van der Waals surface area (Å²) in [6.07, 6.45) is 6.10. The first-order valence-electron chi connectivity index (χ1n) is 41.0. The van der Waals surface area contributed by atoms with E-state index in [2.05, 4.69) is 437 Å². The Balaban J connectivity index is 1.06. The number of rotatable bonds is 11. The van der Waals surface area contributed by atoms with Crippen molar-refractivity contribution >= 4 is 32.8 Å². The molecule has 5 nitrogen and oxygen atoms in total. The van der Waals surface area contributed by atoms with Gasteiger partial charge in [0.15, 0.2) is 0 Å². The van der Waals surface area contributed by atoms with Crippen LogP contribution in [0.25, 0.3) is 117 Å². The first-order valence-corrected chi connectivity index (χ1v) is 41.0. The number of pyridine rings is 1. The molecule has 3 heterocycles. The van der Waals surface area contributed by atoms with Gasteiger partial charge in [-0.05, 0) is 250 Å². The number of fused-ring (bicyclic) bond motifs is 4. The molecule has 0 unspecified atom stereocenters. The Morgan fingerprint density at radius 1 is 0.274 bits per heavy atom. The Morgan fingerprint density at radius 2 is 0.619 bits per heavy atom. The maximum absolute atomic E-state index is 7.10. The van der Waals surface area contributed by atoms with Gasteiger partial charge in [-0.15, -0.1) is 0 Å². The van der Waals surface area contributed by atoms with Gasteiger partial charge < -0.3 is 4.74 Å². The summed E-state index contributed by atoms with van der Waals surface area (Å²) in [5, 5.41) is 2.30. The summed E-state index contributed by atoms with van der Waals surface area (Å²) in [5.41, 5.74) is 30.6. The molecule has 0 aliphatic carbocycles. The smallest absolute Gasteiger partial charge is 0.269 e. The highest BCUT2D eigenvalue weighted by Gasteiger charge is 2.30. The molecule has 0 N–H and O–H groups in total. The lowest BCUT2D eigenvalue weighted by Crippen LogP contribution is -2.31. The van der Waals surface area contributed by atoms with E-state index in [1.165, 1.54) is 72.3 Å². The van der Waals surface area contributed by atoms with Crippen molar-refractivity contribution in [3.05, 3.63) is 293 Å². The van der Waals surface area contributed by atoms with Gasteiger partial charge in [-0.1, -0.05) is 326 Å². The third kappa shape index (κ3) is 16.3. The molecule has 578 valence electrons. The molecule has 113 heavy (non-hydrogen) atoms. The SMILES string of the molecule is CC(C)(C)c1cc(-c2cc(-c3cc(C(C)(C)C)cc(C(C)(C)C)c3)cc(-c3cccc(-c4cc(-c5cc(C(C)(C)C)cc(C(C)(C)C)c5)cc(-c5cc(C(C)(C)C)cc(C(C)(C)C)c5)c4)c3-[n+]3[c-]n(-c4cccc(Oc5ccc6c7ccccc7n(-c7cc(C(C)(C)C)ccn7)c6c5)c4)c4ccccc43)c2)cc(C(C)(C)C)c1. The van der Waals surface area contributed by atoms with Gasteiger partial charge in [0.2, 0.25) is 0 Å². The second-order valence-electron chi connectivity index (χ2n) is 41.5. The quantitative estimate of drug-likeness (QED) is 0.0956. The molecule has 3 aromatic heterocycles. The number of ether oxygens (including phenoxy) is 1. The number of nitrogens with zero attached hydrogens (tertiary/aromatic N) is 4. The van der Waals surface area contributed by atoms with E-state index in [0.29, 0.717) is 5.75 Å². The second-order valence-corrected chi connectivity index (χ2v) is 41.5. The molecule has 5 heteroatoms. The number of aromatic nitrogens is 4. The van der Waals surface area contributed by atoms with Crippen LogP contribution in [0.3, 0.4) is 0 Å². The lowest BCUT2D eigenvalue weighted by Gasteiger charge is -2.27. The van der Waals surface area contributed by atoms with Crippen molar-refractivity contribution < 1.29 is 9.30 Å². The van der Waals surface area contributed by atoms with Crippen molar-refractivity contribution in [2.24, 2.45) is 0 Å². The Labute approximate surface area is 676 Å². The summed E-state index contributed by atoms with van der Waals surface area (Å²) in [4.78, 5) is 5.01. The fourth-order valence-corrected chi connectivity index (χ4v) is 15.6. The van der Waals surface area contributed by atoms with E-state index in [1.54, 1.807) is 0 Å². The van der Waals surface area contributed by atoms with E-state index < -0.39 is 0 Å². The number of benzene rings is 11. The summed E-state index contributed by atoms with van der Waals surface area (Å²) in [7, 11) is 0. The molecule has 0 atom stereocenters. The van der Waals surface area contributed by atoms with Crippen molar-refractivity contribution in [2.75, 3.05) is 0 Å². The zero-order chi connectivity index (χ0) is 81.4. The normalized spacial score (nSPS) is 13.1. The molecule has 0 aliphatic heterocycles. The van der Waals surface area contributed by atoms with Gasteiger partial charge in [-0.25, -0.2) is 4.98 Å². The van der Waals surface area contributed by atoms with Crippen molar-refractivity contribution in [1.82, 2.24) is 14.1 Å². The lowest BCUT2D eigenvalue weighted by atomic mass is 9.77. The van der Waals surface area contributed by atoms with E-state index in [4.69, 9.17) is 9.72 Å². The van der Waals surface area contributed by atoms with E-state index in [0.717, 1.165) is 100 Å². The van der Waals surface area contributed by atoms with E-state index in [9.17, 15) is 0 Å². The minimum Gasteiger partial charge on any atom is -0.458 e. The van der Waals surface area contributed by atoms with Gasteiger partial charge in [-0.2, -0.15) is 0 Å². The summed E-state index contributed by atoms with van der Waals surface area (Å²) >= 11 is 0. The molecule has 0 saturated heterocycles. The van der Waals surface area contributed by atoms with Crippen LogP contribution in [0.4, 0.5) is 0 Å². The largest absolute Gasteiger partial charge is 0.458 e. The fourth-order valence-electron chi connectivity index (χ4n) is 15.6. The molecule has 0 spiro atoms. The van der Waals surface area contributed by atoms with Gasteiger partial charge in [0.05, 0.1) is 33.4 Å². The highest BCUT2D eigenvalue weighted by Crippen LogP contribution is 2.47. The highest BCUT2D eigenvalue weighted by molar-refractivity contribution is 6.09. The molecule has 14 aromatic rings. The molecule has 11 aromatic carbocycles. The molecule has 0 saturated carbocycles. The molecule has 14 rings (SSSR count). The summed E-state index contributed by atoms with van der Waals surface area (Å²) in [6, 6.07) is 88.2. The van der Waals surface area contributed by atoms with Crippen LogP contribution >= 0.6 is 0 Å². The van der Waals surface area contributed by atoms with Crippen molar-refractivity contribution in [3.63, 3.8) is 0 Å². The summed E-state index contributed by atoms with van der Waals surface area (Å²) in [5.74, 6) is 2.30. The molecule has 0 amide bonds. The highest BCUT2D eigenvalue weighted by atomic mass is 16.5. The number of hydrogen-bond acceptors (Lipinski definition) is 2. The van der Waals surface area contributed by atoms with Crippen LogP contribution in [-0.2, 0) is 48.7 Å². The van der Waals surface area contributed by atoms with Gasteiger partial charge in [-0.3, -0.25) is 13.7 Å². The minimum atomic E-state index is -0.112. The zero-order valence-electron chi connectivity index (χ0n) is 72.7. The predicted molar refractivity (Wildman–Crippen MR) is 483 cm³/mol. The van der Waals surface area contributed by atoms with Gasteiger partial charge in [0, 0.05) is 23.0 Å². The standard InChI is InChI=1S/C108H120N4O/c1-100(2,3)78-44-45-109-98(64-78)112-94-39-29-28-36-92(94)93-43-42-89(66-97(93)112)113-88-35-32-34-87(65-88)110-67-111(96-41-31-30-40-95(96)110)99-90(76-48-68(72-52-79(101(4,5)6)60-80(53-72)102(7,8)9)46-69(49-76)73-54-81(103(10,11)12)61-82(55-73)104(13,14)15)37-33-38-91(99)77-50-70(74-56-83(105(16,17)18)62-84(57-74)106(19,20)21)47-71(51-77)75-58-85(107(22,23)24)63-86(59-75)108(25,26)27/h28-66H,1-27H3. The third-order valence-corrected chi connectivity index (χ3v) is 23.1. The fraction of sp³-hybridized carbons (Fsp3) is 0.333. The number of imidazole rings is 1. The van der Waals surface area contributed by atoms with Crippen LogP contribution in [0.5, 0.6) is 11.5 Å². The van der Waals surface area contributed by atoms with Gasteiger partial charge in [0.1, 0.15) is 17.3 Å². The van der Waals surface area contributed by atoms with E-state index in [1.807, 2.05) is 6.20 Å². The zero-order valence-corrected chi connectivity index (χ0v) is 72.7. The molecular weight excluding hydrogens is 1370 g/mol. The van der Waals surface area contributed by atoms with Gasteiger partial charge >= 0.3 is 0 Å². The molecule has 0 fully saturated rings. The average molecular weight is 1490 g/mol. The van der Waals surface area contributed by atoms with Crippen molar-refractivity contribution in [1.29, 1.82) is 0 Å². The average Bonchev–Trinajstić information content (AvgIpc) is 1.68. The maximum Gasteiger partial charge on any atom is 0.269 e. The van der Waals surface area contributed by atoms with E-state index in [-0.39, 0.29) is 48.7 Å². The van der Waals surface area contributed by atoms with Crippen molar-refractivity contribution in [2.45, 2.75) is 236 Å². The van der Waals surface area contributed by atoms with E-state index >= 15 is 0 Å². The predicted octanol–water partition coefficient (Wildman–Crippen LogP) is 29.7. The first-order chi connectivity index (χ1) is 52.6. The Hall–Kier alpha value is -10.4. The monoisotopic (exact) mass is 1490 g/mol. The Morgan fingerprint density at radius 3 is 1.03 bits per heavy atom. The summed E-state index contributed by atoms with van der Waals surface area (Å²) in [6.45, 7) is 63.1. The minimum absolute atomic E-state index is 0.0602. The summed E-state index contributed by atoms with van der Waals surface area (Å²) < 4.78 is 14.0. The van der Waals surface area contributed by atoms with Gasteiger partial charge in [0.25, 0.3) is 6.33 Å².